The molecule has 2 nitrogen and oxygen atoms in total. The summed E-state index contributed by atoms with van der Waals surface area (Å²) in [5.41, 5.74) is 4.62. The zero-order valence-electron chi connectivity index (χ0n) is 19.7. The van der Waals surface area contributed by atoms with E-state index < -0.39 is 7.92 Å². The molecule has 1 fully saturated rings. The average Bonchev–Trinajstić information content (AvgIpc) is 2.94. The van der Waals surface area contributed by atoms with E-state index in [1.165, 1.54) is 16.4 Å². The molecule has 5 rings (SSSR count). The summed E-state index contributed by atoms with van der Waals surface area (Å²) in [6, 6.07) is 42.1. The Morgan fingerprint density at radius 2 is 1.26 bits per heavy atom. The van der Waals surface area contributed by atoms with Crippen molar-refractivity contribution in [3.63, 3.8) is 0 Å². The van der Waals surface area contributed by atoms with Crippen molar-refractivity contribution in [1.82, 2.24) is 0 Å². The van der Waals surface area contributed by atoms with E-state index in [1.54, 1.807) is 6.08 Å². The molecule has 0 spiro atoms. The van der Waals surface area contributed by atoms with Gasteiger partial charge in [0.2, 0.25) is 0 Å². The van der Waals surface area contributed by atoms with Crippen molar-refractivity contribution in [2.45, 2.75) is 24.6 Å². The van der Waals surface area contributed by atoms with E-state index in [-0.39, 0.29) is 17.7 Å². The van der Waals surface area contributed by atoms with Crippen LogP contribution in [-0.2, 0) is 21.3 Å². The van der Waals surface area contributed by atoms with Gasteiger partial charge in [-0.2, -0.15) is 0 Å². The molecule has 1 aliphatic rings. The molecule has 4 aromatic rings. The minimum atomic E-state index is -0.666. The normalized spacial score (nSPS) is 18.2. The van der Waals surface area contributed by atoms with Gasteiger partial charge in [-0.3, -0.25) is 0 Å². The van der Waals surface area contributed by atoms with Gasteiger partial charge < -0.3 is 4.74 Å². The van der Waals surface area contributed by atoms with Crippen LogP contribution in [0.4, 0.5) is 0 Å². The molecule has 0 amide bonds. The van der Waals surface area contributed by atoms with Crippen LogP contribution in [0.5, 0.6) is 0 Å². The minimum Gasteiger partial charge on any atom is -0.458 e. The van der Waals surface area contributed by atoms with E-state index in [1.807, 2.05) is 30.3 Å². The first kappa shape index (κ1) is 23.3. The topological polar surface area (TPSA) is 26.3 Å². The maximum absolute atomic E-state index is 13.2. The second-order valence-electron chi connectivity index (χ2n) is 8.80. The fourth-order valence-corrected chi connectivity index (χ4v) is 8.61. The van der Waals surface area contributed by atoms with Gasteiger partial charge in [0.15, 0.2) is 0 Å². The lowest BCUT2D eigenvalue weighted by molar-refractivity contribution is -0.139. The Balaban J connectivity index is 1.64. The van der Waals surface area contributed by atoms with Crippen molar-refractivity contribution < 1.29 is 9.53 Å². The van der Waals surface area contributed by atoms with Gasteiger partial charge in [-0.25, -0.2) is 4.79 Å². The summed E-state index contributed by atoms with van der Waals surface area (Å²) in [5, 5.41) is 0.974. The monoisotopic (exact) mass is 476 g/mol. The van der Waals surface area contributed by atoms with Crippen molar-refractivity contribution in [3.8, 4) is 0 Å². The molecule has 0 N–H and O–H groups in total. The van der Waals surface area contributed by atoms with Crippen LogP contribution in [0.3, 0.4) is 0 Å². The molecule has 1 saturated heterocycles. The van der Waals surface area contributed by atoms with Crippen LogP contribution in [0.1, 0.15) is 29.5 Å². The molecular weight excluding hydrogens is 447 g/mol. The zero-order chi connectivity index (χ0) is 23.9. The van der Waals surface area contributed by atoms with Crippen LogP contribution >= 0.6 is 7.92 Å². The first-order valence-corrected chi connectivity index (χ1v) is 13.7. The fraction of sp³-hybridized carbons (Fsp3) is 0.156. The SMILES string of the molecule is O=C(C=C1CCCP(c2ccccc2)C1(c1ccccc1)c1ccccc1)OCc1ccccc1. The lowest BCUT2D eigenvalue weighted by Gasteiger charge is -2.48. The molecule has 3 heteroatoms. The Morgan fingerprint density at radius 3 is 1.83 bits per heavy atom. The van der Waals surface area contributed by atoms with Gasteiger partial charge in [0, 0.05) is 6.08 Å². The van der Waals surface area contributed by atoms with Crippen LogP contribution in [-0.4, -0.2) is 12.1 Å². The Bertz CT molecular complexity index is 1230. The highest BCUT2D eigenvalue weighted by atomic mass is 31.1. The smallest absolute Gasteiger partial charge is 0.331 e. The number of hydrogen-bond donors (Lipinski definition) is 0. The summed E-state index contributed by atoms with van der Waals surface area (Å²) >= 11 is 0. The Morgan fingerprint density at radius 1 is 0.743 bits per heavy atom. The van der Waals surface area contributed by atoms with Crippen molar-refractivity contribution in [1.29, 1.82) is 0 Å². The number of hydrogen-bond acceptors (Lipinski definition) is 2. The maximum Gasteiger partial charge on any atom is 0.331 e. The second kappa shape index (κ2) is 10.8. The molecule has 0 saturated carbocycles. The van der Waals surface area contributed by atoms with Crippen molar-refractivity contribution >= 4 is 19.2 Å². The fourth-order valence-electron chi connectivity index (χ4n) is 5.18. The third-order valence-electron chi connectivity index (χ3n) is 6.66. The summed E-state index contributed by atoms with van der Waals surface area (Å²) in [5.74, 6) is -0.273. The largest absolute Gasteiger partial charge is 0.458 e. The maximum atomic E-state index is 13.2. The quantitative estimate of drug-likeness (QED) is 0.167. The molecular formula is C32H29O2P. The molecule has 1 aliphatic heterocycles. The summed E-state index contributed by atoms with van der Waals surface area (Å²) in [7, 11) is -0.666. The molecule has 0 aliphatic carbocycles. The molecule has 0 bridgehead atoms. The molecule has 0 aromatic heterocycles. The summed E-state index contributed by atoms with van der Waals surface area (Å²) < 4.78 is 5.73. The summed E-state index contributed by atoms with van der Waals surface area (Å²) in [6.45, 7) is 0.278. The lowest BCUT2D eigenvalue weighted by atomic mass is 9.81. The first-order valence-electron chi connectivity index (χ1n) is 12.1. The Kier molecular flexibility index (Phi) is 7.21. The van der Waals surface area contributed by atoms with Gasteiger partial charge in [0.05, 0.1) is 5.16 Å². The predicted molar refractivity (Wildman–Crippen MR) is 145 cm³/mol. The number of allylic oxidation sites excluding steroid dienone is 1. The standard InChI is InChI=1S/C32H29O2P/c33-31(34-25-26-14-5-1-6-15-26)24-29-20-13-23-35(30-21-11-4-12-22-30)32(29,27-16-7-2-8-17-27)28-18-9-3-10-19-28/h1-12,14-19,21-22,24H,13,20,23,25H2. The predicted octanol–water partition coefficient (Wildman–Crippen LogP) is 7.20. The van der Waals surface area contributed by atoms with Gasteiger partial charge in [-0.1, -0.05) is 129 Å². The third kappa shape index (κ3) is 4.85. The highest BCUT2D eigenvalue weighted by Crippen LogP contribution is 2.66. The third-order valence-corrected chi connectivity index (χ3v) is 9.96. The molecule has 1 atom stereocenters. The van der Waals surface area contributed by atoms with E-state index in [4.69, 9.17) is 4.74 Å². The lowest BCUT2D eigenvalue weighted by Crippen LogP contribution is -2.36. The van der Waals surface area contributed by atoms with Gasteiger partial charge >= 0.3 is 5.97 Å². The molecule has 4 aromatic carbocycles. The van der Waals surface area contributed by atoms with Crippen molar-refractivity contribution in [3.05, 3.63) is 150 Å². The number of carbonyl (C=O) groups excluding carboxylic acids is 1. The van der Waals surface area contributed by atoms with E-state index in [2.05, 4.69) is 91.0 Å². The molecule has 174 valence electrons. The van der Waals surface area contributed by atoms with Crippen LogP contribution in [0.25, 0.3) is 0 Å². The summed E-state index contributed by atoms with van der Waals surface area (Å²) in [6.07, 6.45) is 4.83. The highest BCUT2D eigenvalue weighted by molar-refractivity contribution is 7.67. The van der Waals surface area contributed by atoms with Crippen LogP contribution in [0, 0.1) is 0 Å². The minimum absolute atomic E-state index is 0.273. The van der Waals surface area contributed by atoms with Gasteiger partial charge in [0.1, 0.15) is 6.61 Å². The number of esters is 1. The first-order chi connectivity index (χ1) is 17.3. The van der Waals surface area contributed by atoms with Crippen LogP contribution in [0.15, 0.2) is 133 Å². The zero-order valence-corrected chi connectivity index (χ0v) is 20.6. The van der Waals surface area contributed by atoms with Crippen molar-refractivity contribution in [2.75, 3.05) is 6.16 Å². The number of benzene rings is 4. The highest BCUT2D eigenvalue weighted by Gasteiger charge is 2.47. The van der Waals surface area contributed by atoms with Gasteiger partial charge in [-0.15, -0.1) is 0 Å². The molecule has 0 radical (unpaired) electrons. The van der Waals surface area contributed by atoms with E-state index in [0.29, 0.717) is 0 Å². The summed E-state index contributed by atoms with van der Waals surface area (Å²) in [4.78, 5) is 13.2. The molecule has 1 unspecified atom stereocenters. The van der Waals surface area contributed by atoms with Gasteiger partial charge in [0.25, 0.3) is 0 Å². The van der Waals surface area contributed by atoms with Gasteiger partial charge in [-0.05, 0) is 46.6 Å². The molecule has 35 heavy (non-hydrogen) atoms. The molecule has 1 heterocycles. The van der Waals surface area contributed by atoms with E-state index >= 15 is 0 Å². The second-order valence-corrected chi connectivity index (χ2v) is 11.3. The van der Waals surface area contributed by atoms with Crippen LogP contribution in [0.2, 0.25) is 0 Å². The van der Waals surface area contributed by atoms with E-state index in [9.17, 15) is 4.79 Å². The van der Waals surface area contributed by atoms with E-state index in [0.717, 1.165) is 30.1 Å². The number of carbonyl (C=O) groups is 1. The number of rotatable bonds is 6. The number of ether oxygens (including phenoxy) is 1. The van der Waals surface area contributed by atoms with Crippen LogP contribution < -0.4 is 5.30 Å². The Hall–Kier alpha value is -3.48. The average molecular weight is 477 g/mol. The van der Waals surface area contributed by atoms with Crippen molar-refractivity contribution in [2.24, 2.45) is 0 Å². The Labute approximate surface area is 209 Å².